The molecule has 2 unspecified atom stereocenters. The van der Waals surface area contributed by atoms with Crippen LogP contribution in [0.15, 0.2) is 6.20 Å². The highest BCUT2D eigenvalue weighted by molar-refractivity contribution is 5.13. The summed E-state index contributed by atoms with van der Waals surface area (Å²) in [5.74, 6) is 0.480. The molecule has 1 aromatic rings. The van der Waals surface area contributed by atoms with E-state index in [0.717, 1.165) is 6.20 Å². The summed E-state index contributed by atoms with van der Waals surface area (Å²) >= 11 is 0. The smallest absolute Gasteiger partial charge is 0.333 e. The van der Waals surface area contributed by atoms with Gasteiger partial charge in [0.05, 0.1) is 0 Å². The number of fused-ring (bicyclic) bond motifs is 1. The number of rotatable bonds is 0. The Hall–Kier alpha value is -1.04. The molecule has 6 heteroatoms. The minimum Gasteiger partial charge on any atom is -0.333 e. The van der Waals surface area contributed by atoms with Gasteiger partial charge >= 0.3 is 6.18 Å². The van der Waals surface area contributed by atoms with Gasteiger partial charge in [0.25, 0.3) is 0 Å². The number of nitrogens with zero attached hydrogens (tertiary/aromatic N) is 2. The molecule has 0 saturated heterocycles. The van der Waals surface area contributed by atoms with Crippen LogP contribution in [0.3, 0.4) is 0 Å². The highest BCUT2D eigenvalue weighted by Gasteiger charge is 2.36. The first-order valence-electron chi connectivity index (χ1n) is 4.77. The molecule has 0 amide bonds. The van der Waals surface area contributed by atoms with E-state index in [-0.39, 0.29) is 12.0 Å². The lowest BCUT2D eigenvalue weighted by molar-refractivity contribution is -0.141. The average Bonchev–Trinajstić information content (AvgIpc) is 2.46. The maximum atomic E-state index is 12.4. The Morgan fingerprint density at radius 1 is 1.53 bits per heavy atom. The van der Waals surface area contributed by atoms with Gasteiger partial charge in [-0.2, -0.15) is 13.2 Å². The van der Waals surface area contributed by atoms with Crippen molar-refractivity contribution >= 4 is 0 Å². The molecular formula is C9H12F3N3. The van der Waals surface area contributed by atoms with E-state index in [2.05, 4.69) is 4.98 Å². The third kappa shape index (κ3) is 1.86. The minimum atomic E-state index is -4.37. The van der Waals surface area contributed by atoms with E-state index in [0.29, 0.717) is 18.8 Å². The van der Waals surface area contributed by atoms with Crippen molar-refractivity contribution in [3.8, 4) is 0 Å². The molecule has 0 aromatic carbocycles. The van der Waals surface area contributed by atoms with Crippen molar-refractivity contribution < 1.29 is 13.2 Å². The normalized spacial score (nSPS) is 26.5. The van der Waals surface area contributed by atoms with Crippen LogP contribution in [0, 0.1) is 0 Å². The van der Waals surface area contributed by atoms with E-state index in [1.165, 1.54) is 4.57 Å². The van der Waals surface area contributed by atoms with Gasteiger partial charge in [0.15, 0.2) is 5.69 Å². The maximum absolute atomic E-state index is 12.4. The molecular weight excluding hydrogens is 207 g/mol. The zero-order valence-corrected chi connectivity index (χ0v) is 8.25. The fourth-order valence-electron chi connectivity index (χ4n) is 1.99. The summed E-state index contributed by atoms with van der Waals surface area (Å²) in [5.41, 5.74) is 4.91. The lowest BCUT2D eigenvalue weighted by Crippen LogP contribution is -2.33. The van der Waals surface area contributed by atoms with Gasteiger partial charge in [-0.25, -0.2) is 4.98 Å². The van der Waals surface area contributed by atoms with Gasteiger partial charge in [-0.1, -0.05) is 6.92 Å². The molecule has 2 atom stereocenters. The van der Waals surface area contributed by atoms with Gasteiger partial charge in [0.1, 0.15) is 5.82 Å². The number of imidazole rings is 1. The molecule has 1 aromatic heterocycles. The first kappa shape index (κ1) is 10.5. The molecule has 0 radical (unpaired) electrons. The Morgan fingerprint density at radius 3 is 2.80 bits per heavy atom. The highest BCUT2D eigenvalue weighted by atomic mass is 19.4. The van der Waals surface area contributed by atoms with Crippen LogP contribution < -0.4 is 5.73 Å². The largest absolute Gasteiger partial charge is 0.434 e. The van der Waals surface area contributed by atoms with Crippen molar-refractivity contribution in [2.24, 2.45) is 5.73 Å². The van der Waals surface area contributed by atoms with Crippen LogP contribution in [0.2, 0.25) is 0 Å². The summed E-state index contributed by atoms with van der Waals surface area (Å²) < 4.78 is 38.7. The number of alkyl halides is 3. The van der Waals surface area contributed by atoms with Crippen molar-refractivity contribution in [3.05, 3.63) is 17.7 Å². The summed E-state index contributed by atoms with van der Waals surface area (Å²) in [4.78, 5) is 3.62. The third-order valence-electron chi connectivity index (χ3n) is 2.63. The van der Waals surface area contributed by atoms with Gasteiger partial charge in [-0.3, -0.25) is 0 Å². The standard InChI is InChI=1S/C9H12F3N3/c1-5-2-6(13)3-15-4-7(9(10,11)12)14-8(5)15/h4-6H,2-3,13H2,1H3. The van der Waals surface area contributed by atoms with Crippen LogP contribution in [0.5, 0.6) is 0 Å². The van der Waals surface area contributed by atoms with Crippen LogP contribution >= 0.6 is 0 Å². The number of aromatic nitrogens is 2. The molecule has 2 heterocycles. The molecule has 2 N–H and O–H groups in total. The highest BCUT2D eigenvalue weighted by Crippen LogP contribution is 2.32. The Bertz CT molecular complexity index is 369. The van der Waals surface area contributed by atoms with Gasteiger partial charge < -0.3 is 10.3 Å². The lowest BCUT2D eigenvalue weighted by Gasteiger charge is -2.25. The lowest BCUT2D eigenvalue weighted by atomic mass is 9.98. The molecule has 0 spiro atoms. The Labute approximate surface area is 85.1 Å². The fourth-order valence-corrected chi connectivity index (χ4v) is 1.99. The van der Waals surface area contributed by atoms with E-state index >= 15 is 0 Å². The maximum Gasteiger partial charge on any atom is 0.434 e. The molecule has 0 saturated carbocycles. The van der Waals surface area contributed by atoms with Gasteiger partial charge in [-0.05, 0) is 6.42 Å². The predicted molar refractivity (Wildman–Crippen MR) is 48.2 cm³/mol. The molecule has 0 aliphatic carbocycles. The quantitative estimate of drug-likeness (QED) is 0.722. The fraction of sp³-hybridized carbons (Fsp3) is 0.667. The van der Waals surface area contributed by atoms with Crippen molar-refractivity contribution in [3.63, 3.8) is 0 Å². The summed E-state index contributed by atoms with van der Waals surface area (Å²) in [5, 5.41) is 0. The van der Waals surface area contributed by atoms with Gasteiger partial charge in [-0.15, -0.1) is 0 Å². The third-order valence-corrected chi connectivity index (χ3v) is 2.63. The molecule has 2 rings (SSSR count). The molecule has 84 valence electrons. The molecule has 0 fully saturated rings. The van der Waals surface area contributed by atoms with E-state index in [1.807, 2.05) is 6.92 Å². The number of hydrogen-bond donors (Lipinski definition) is 1. The summed E-state index contributed by atoms with van der Waals surface area (Å²) in [6.45, 7) is 2.26. The first-order chi connectivity index (χ1) is 6.88. The molecule has 1 aliphatic heterocycles. The van der Waals surface area contributed by atoms with E-state index in [1.54, 1.807) is 0 Å². The summed E-state index contributed by atoms with van der Waals surface area (Å²) in [7, 11) is 0. The second-order valence-electron chi connectivity index (χ2n) is 4.03. The van der Waals surface area contributed by atoms with Crippen molar-refractivity contribution in [1.82, 2.24) is 9.55 Å². The van der Waals surface area contributed by atoms with Crippen molar-refractivity contribution in [2.45, 2.75) is 38.0 Å². The topological polar surface area (TPSA) is 43.8 Å². The minimum absolute atomic E-state index is 0.00940. The zero-order valence-electron chi connectivity index (χ0n) is 8.25. The molecule has 0 bridgehead atoms. The summed E-state index contributed by atoms with van der Waals surface area (Å²) in [6.07, 6.45) is -2.63. The van der Waals surface area contributed by atoms with Crippen LogP contribution in [0.1, 0.15) is 30.8 Å². The SMILES string of the molecule is CC1CC(N)Cn2cc(C(F)(F)F)nc21. The Kier molecular flexibility index (Phi) is 2.26. The van der Waals surface area contributed by atoms with Crippen LogP contribution in [0.25, 0.3) is 0 Å². The van der Waals surface area contributed by atoms with E-state index in [4.69, 9.17) is 5.73 Å². The number of nitrogens with two attached hydrogens (primary N) is 1. The van der Waals surface area contributed by atoms with Crippen LogP contribution in [-0.2, 0) is 12.7 Å². The predicted octanol–water partition coefficient (Wildman–Crippen LogP) is 1.74. The first-order valence-corrected chi connectivity index (χ1v) is 4.77. The second-order valence-corrected chi connectivity index (χ2v) is 4.03. The zero-order chi connectivity index (χ0) is 11.2. The van der Waals surface area contributed by atoms with E-state index < -0.39 is 11.9 Å². The molecule has 3 nitrogen and oxygen atoms in total. The molecule has 1 aliphatic rings. The van der Waals surface area contributed by atoms with Crippen molar-refractivity contribution in [1.29, 1.82) is 0 Å². The average molecular weight is 219 g/mol. The summed E-state index contributed by atoms with van der Waals surface area (Å²) in [6, 6.07) is -0.0808. The Balaban J connectivity index is 2.39. The monoisotopic (exact) mass is 219 g/mol. The Morgan fingerprint density at radius 2 is 2.20 bits per heavy atom. The number of halogens is 3. The van der Waals surface area contributed by atoms with Crippen LogP contribution in [0.4, 0.5) is 13.2 Å². The van der Waals surface area contributed by atoms with Gasteiger partial charge in [0, 0.05) is 24.7 Å². The van der Waals surface area contributed by atoms with Gasteiger partial charge in [0.2, 0.25) is 0 Å². The second kappa shape index (κ2) is 3.23. The van der Waals surface area contributed by atoms with E-state index in [9.17, 15) is 13.2 Å². The number of hydrogen-bond acceptors (Lipinski definition) is 2. The molecule has 15 heavy (non-hydrogen) atoms. The van der Waals surface area contributed by atoms with Crippen LogP contribution in [-0.4, -0.2) is 15.6 Å². The van der Waals surface area contributed by atoms with Crippen molar-refractivity contribution in [2.75, 3.05) is 0 Å².